The summed E-state index contributed by atoms with van der Waals surface area (Å²) in [7, 11) is 3.54. The number of carboxylic acid groups (broad SMARTS) is 1. The van der Waals surface area contributed by atoms with Crippen LogP contribution in [0, 0.1) is 0 Å². The van der Waals surface area contributed by atoms with Gasteiger partial charge in [0.05, 0.1) is 6.61 Å². The van der Waals surface area contributed by atoms with Crippen molar-refractivity contribution in [1.29, 1.82) is 0 Å². The topological polar surface area (TPSA) is 61.8 Å². The third-order valence-electron chi connectivity index (χ3n) is 2.43. The Morgan fingerprint density at radius 3 is 2.60 bits per heavy atom. The number of nitrogens with zero attached hydrogens (tertiary/aromatic N) is 1. The molecule has 0 aliphatic carbocycles. The van der Waals surface area contributed by atoms with Crippen LogP contribution in [0.3, 0.4) is 0 Å². The summed E-state index contributed by atoms with van der Waals surface area (Å²) in [5, 5.41) is 11.8. The summed E-state index contributed by atoms with van der Waals surface area (Å²) in [5.74, 6) is -0.840. The van der Waals surface area contributed by atoms with Crippen LogP contribution in [-0.2, 0) is 9.53 Å². The molecule has 0 rings (SSSR count). The zero-order chi connectivity index (χ0) is 11.9. The van der Waals surface area contributed by atoms with Gasteiger partial charge >= 0.3 is 5.97 Å². The highest BCUT2D eigenvalue weighted by atomic mass is 16.5. The van der Waals surface area contributed by atoms with Gasteiger partial charge in [0, 0.05) is 19.7 Å². The van der Waals surface area contributed by atoms with Crippen molar-refractivity contribution in [3.63, 3.8) is 0 Å². The predicted octanol–water partition coefficient (Wildman–Crippen LogP) is 0.0174. The van der Waals surface area contributed by atoms with Crippen LogP contribution in [0.1, 0.15) is 13.8 Å². The van der Waals surface area contributed by atoms with Gasteiger partial charge in [-0.25, -0.2) is 0 Å². The zero-order valence-corrected chi connectivity index (χ0v) is 10.0. The molecule has 90 valence electrons. The molecule has 15 heavy (non-hydrogen) atoms. The fourth-order valence-corrected chi connectivity index (χ4v) is 1.24. The first-order chi connectivity index (χ1) is 6.96. The van der Waals surface area contributed by atoms with Crippen LogP contribution in [0.2, 0.25) is 0 Å². The zero-order valence-electron chi connectivity index (χ0n) is 10.0. The van der Waals surface area contributed by atoms with Gasteiger partial charge in [-0.3, -0.25) is 4.79 Å². The van der Waals surface area contributed by atoms with E-state index in [4.69, 9.17) is 9.84 Å². The average molecular weight is 218 g/mol. The Bertz CT molecular complexity index is 199. The summed E-state index contributed by atoms with van der Waals surface area (Å²) in [5.41, 5.74) is -0.902. The van der Waals surface area contributed by atoms with Gasteiger partial charge in [-0.1, -0.05) is 0 Å². The molecular weight excluding hydrogens is 196 g/mol. The predicted molar refractivity (Wildman–Crippen MR) is 59.1 cm³/mol. The molecule has 0 spiro atoms. The van der Waals surface area contributed by atoms with E-state index in [1.165, 1.54) is 0 Å². The Labute approximate surface area is 91.4 Å². The van der Waals surface area contributed by atoms with Crippen molar-refractivity contribution in [3.8, 4) is 0 Å². The molecule has 5 heteroatoms. The molecule has 2 N–H and O–H groups in total. The number of hydrogen-bond acceptors (Lipinski definition) is 4. The number of hydrogen-bond donors (Lipinski definition) is 2. The van der Waals surface area contributed by atoms with E-state index in [1.807, 2.05) is 18.9 Å². The highest BCUT2D eigenvalue weighted by Crippen LogP contribution is 2.05. The van der Waals surface area contributed by atoms with E-state index in [9.17, 15) is 4.79 Å². The second-order valence-corrected chi connectivity index (χ2v) is 3.82. The van der Waals surface area contributed by atoms with E-state index in [0.29, 0.717) is 19.8 Å². The van der Waals surface area contributed by atoms with Crippen LogP contribution in [0.15, 0.2) is 0 Å². The van der Waals surface area contributed by atoms with E-state index >= 15 is 0 Å². The molecule has 5 nitrogen and oxygen atoms in total. The quantitative estimate of drug-likeness (QED) is 0.562. The Morgan fingerprint density at radius 2 is 2.20 bits per heavy atom. The van der Waals surface area contributed by atoms with Gasteiger partial charge in [0.25, 0.3) is 0 Å². The summed E-state index contributed by atoms with van der Waals surface area (Å²) in [6.07, 6.45) is 0. The standard InChI is InChI=1S/C10H22N2O3/c1-5-15-7-6-12(4)8-10(2,11-3)9(13)14/h11H,5-8H2,1-4H3,(H,13,14). The summed E-state index contributed by atoms with van der Waals surface area (Å²) in [6.45, 7) is 6.12. The normalized spacial score (nSPS) is 15.3. The van der Waals surface area contributed by atoms with Crippen molar-refractivity contribution in [1.82, 2.24) is 10.2 Å². The minimum Gasteiger partial charge on any atom is -0.480 e. The summed E-state index contributed by atoms with van der Waals surface area (Å²) < 4.78 is 5.20. The molecule has 0 aliphatic rings. The lowest BCUT2D eigenvalue weighted by Crippen LogP contribution is -2.55. The summed E-state index contributed by atoms with van der Waals surface area (Å²) >= 11 is 0. The van der Waals surface area contributed by atoms with Crippen LogP contribution < -0.4 is 5.32 Å². The monoisotopic (exact) mass is 218 g/mol. The number of nitrogens with one attached hydrogen (secondary N) is 1. The summed E-state index contributed by atoms with van der Waals surface area (Å²) in [4.78, 5) is 12.9. The van der Waals surface area contributed by atoms with E-state index < -0.39 is 11.5 Å². The second-order valence-electron chi connectivity index (χ2n) is 3.82. The van der Waals surface area contributed by atoms with Gasteiger partial charge in [0.2, 0.25) is 0 Å². The van der Waals surface area contributed by atoms with Gasteiger partial charge in [-0.05, 0) is 27.9 Å². The molecule has 0 bridgehead atoms. The fourth-order valence-electron chi connectivity index (χ4n) is 1.24. The molecular formula is C10H22N2O3. The third kappa shape index (κ3) is 5.11. The Balaban J connectivity index is 4.01. The maximum Gasteiger partial charge on any atom is 0.324 e. The molecule has 0 saturated carbocycles. The number of carbonyl (C=O) groups is 1. The number of rotatable bonds is 8. The Kier molecular flexibility index (Phi) is 6.47. The van der Waals surface area contributed by atoms with Gasteiger partial charge in [0.15, 0.2) is 0 Å². The maximum atomic E-state index is 11.0. The summed E-state index contributed by atoms with van der Waals surface area (Å²) in [6, 6.07) is 0. The smallest absolute Gasteiger partial charge is 0.324 e. The van der Waals surface area contributed by atoms with Gasteiger partial charge in [0.1, 0.15) is 5.54 Å². The maximum absolute atomic E-state index is 11.0. The molecule has 0 heterocycles. The second kappa shape index (κ2) is 6.76. The molecule has 0 aromatic carbocycles. The molecule has 0 aliphatic heterocycles. The molecule has 0 aromatic rings. The Morgan fingerprint density at radius 1 is 1.60 bits per heavy atom. The first-order valence-corrected chi connectivity index (χ1v) is 5.15. The van der Waals surface area contributed by atoms with Crippen LogP contribution in [0.25, 0.3) is 0 Å². The molecule has 0 fully saturated rings. The molecule has 0 amide bonds. The SMILES string of the molecule is CCOCCN(C)CC(C)(NC)C(=O)O. The molecule has 0 aromatic heterocycles. The van der Waals surface area contributed by atoms with Crippen LogP contribution in [0.5, 0.6) is 0 Å². The minimum absolute atomic E-state index is 0.450. The first kappa shape index (κ1) is 14.3. The lowest BCUT2D eigenvalue weighted by Gasteiger charge is -2.29. The average Bonchev–Trinajstić information content (AvgIpc) is 2.17. The van der Waals surface area contributed by atoms with Crippen molar-refractivity contribution in [3.05, 3.63) is 0 Å². The molecule has 1 atom stereocenters. The highest BCUT2D eigenvalue weighted by Gasteiger charge is 2.32. The number of ether oxygens (including phenoxy) is 1. The lowest BCUT2D eigenvalue weighted by atomic mass is 10.0. The van der Waals surface area contributed by atoms with E-state index in [1.54, 1.807) is 14.0 Å². The van der Waals surface area contributed by atoms with Crippen LogP contribution >= 0.6 is 0 Å². The van der Waals surface area contributed by atoms with Crippen molar-refractivity contribution in [2.75, 3.05) is 40.4 Å². The third-order valence-corrected chi connectivity index (χ3v) is 2.43. The van der Waals surface area contributed by atoms with Crippen molar-refractivity contribution in [2.45, 2.75) is 19.4 Å². The minimum atomic E-state index is -0.902. The van der Waals surface area contributed by atoms with Crippen molar-refractivity contribution < 1.29 is 14.6 Å². The largest absolute Gasteiger partial charge is 0.480 e. The number of likely N-dealkylation sites (N-methyl/N-ethyl adjacent to an activating group) is 2. The van der Waals surface area contributed by atoms with Gasteiger partial charge in [-0.2, -0.15) is 0 Å². The highest BCUT2D eigenvalue weighted by molar-refractivity contribution is 5.78. The Hall–Kier alpha value is -0.650. The first-order valence-electron chi connectivity index (χ1n) is 5.15. The van der Waals surface area contributed by atoms with Crippen LogP contribution in [0.4, 0.5) is 0 Å². The van der Waals surface area contributed by atoms with Crippen molar-refractivity contribution >= 4 is 5.97 Å². The fraction of sp³-hybridized carbons (Fsp3) is 0.900. The molecule has 0 radical (unpaired) electrons. The van der Waals surface area contributed by atoms with Gasteiger partial charge < -0.3 is 20.1 Å². The van der Waals surface area contributed by atoms with Crippen LogP contribution in [-0.4, -0.2) is 61.9 Å². The lowest BCUT2D eigenvalue weighted by molar-refractivity contribution is -0.144. The van der Waals surface area contributed by atoms with E-state index in [2.05, 4.69) is 5.32 Å². The van der Waals surface area contributed by atoms with E-state index in [-0.39, 0.29) is 0 Å². The van der Waals surface area contributed by atoms with Gasteiger partial charge in [-0.15, -0.1) is 0 Å². The molecule has 1 unspecified atom stereocenters. The van der Waals surface area contributed by atoms with Crippen molar-refractivity contribution in [2.24, 2.45) is 0 Å². The van der Waals surface area contributed by atoms with E-state index in [0.717, 1.165) is 6.54 Å². The number of carboxylic acids is 1. The number of aliphatic carboxylic acids is 1. The molecule has 0 saturated heterocycles.